The number of amides is 2. The summed E-state index contributed by atoms with van der Waals surface area (Å²) in [5, 5.41) is 9.25. The summed E-state index contributed by atoms with van der Waals surface area (Å²) in [7, 11) is 0. The Labute approximate surface area is 119 Å². The van der Waals surface area contributed by atoms with Crippen LogP contribution in [0, 0.1) is 5.41 Å². The van der Waals surface area contributed by atoms with Crippen LogP contribution < -0.4 is 0 Å². The zero-order valence-corrected chi connectivity index (χ0v) is 12.1. The zero-order valence-electron chi connectivity index (χ0n) is 12.1. The average Bonchev–Trinajstić information content (AvgIpc) is 2.37. The predicted molar refractivity (Wildman–Crippen MR) is 72.9 cm³/mol. The quantitative estimate of drug-likeness (QED) is 0.803. The van der Waals surface area contributed by atoms with Gasteiger partial charge in [0.15, 0.2) is 0 Å². The van der Waals surface area contributed by atoms with Gasteiger partial charge in [0.2, 0.25) is 11.8 Å². The molecule has 2 fully saturated rings. The minimum atomic E-state index is -1.08. The Morgan fingerprint density at radius 2 is 1.75 bits per heavy atom. The maximum Gasteiger partial charge on any atom is 0.326 e. The van der Waals surface area contributed by atoms with Crippen LogP contribution in [0.15, 0.2) is 0 Å². The van der Waals surface area contributed by atoms with Crippen LogP contribution >= 0.6 is 0 Å². The number of imide groups is 1. The van der Waals surface area contributed by atoms with E-state index >= 15 is 0 Å². The summed E-state index contributed by atoms with van der Waals surface area (Å²) in [6, 6.07) is -0.985. The van der Waals surface area contributed by atoms with Crippen molar-refractivity contribution in [1.29, 1.82) is 0 Å². The number of hydrogen-bond donors (Lipinski definition) is 1. The molecule has 112 valence electrons. The first-order chi connectivity index (χ1) is 9.49. The molecule has 20 heavy (non-hydrogen) atoms. The van der Waals surface area contributed by atoms with Crippen LogP contribution in [0.3, 0.4) is 0 Å². The second-order valence-corrected chi connectivity index (χ2v) is 6.21. The first-order valence-electron chi connectivity index (χ1n) is 7.57. The Bertz CT molecular complexity index is 392. The van der Waals surface area contributed by atoms with Gasteiger partial charge in [0, 0.05) is 12.8 Å². The van der Waals surface area contributed by atoms with Crippen LogP contribution in [0.2, 0.25) is 0 Å². The molecule has 1 heterocycles. The van der Waals surface area contributed by atoms with E-state index in [1.807, 2.05) is 6.92 Å². The largest absolute Gasteiger partial charge is 0.480 e. The summed E-state index contributed by atoms with van der Waals surface area (Å²) in [4.78, 5) is 37.0. The van der Waals surface area contributed by atoms with Gasteiger partial charge in [-0.25, -0.2) is 4.79 Å². The average molecular weight is 281 g/mol. The summed E-state index contributed by atoms with van der Waals surface area (Å²) in [5.41, 5.74) is -0.182. The molecule has 1 saturated carbocycles. The van der Waals surface area contributed by atoms with Gasteiger partial charge in [0.05, 0.1) is 0 Å². The maximum atomic E-state index is 12.3. The molecule has 1 atom stereocenters. The second-order valence-electron chi connectivity index (χ2n) is 6.21. The van der Waals surface area contributed by atoms with Crippen molar-refractivity contribution in [2.75, 3.05) is 0 Å². The first kappa shape index (κ1) is 15.0. The number of piperidine rings is 1. The van der Waals surface area contributed by atoms with Crippen molar-refractivity contribution in [3.8, 4) is 0 Å². The molecule has 1 aliphatic carbocycles. The minimum absolute atomic E-state index is 0.182. The van der Waals surface area contributed by atoms with Crippen molar-refractivity contribution in [3.63, 3.8) is 0 Å². The fourth-order valence-electron chi connectivity index (χ4n) is 3.65. The van der Waals surface area contributed by atoms with E-state index in [1.165, 1.54) is 6.42 Å². The Morgan fingerprint density at radius 1 is 1.20 bits per heavy atom. The molecule has 0 aromatic rings. The van der Waals surface area contributed by atoms with Crippen molar-refractivity contribution < 1.29 is 19.5 Å². The van der Waals surface area contributed by atoms with Gasteiger partial charge in [-0.2, -0.15) is 0 Å². The van der Waals surface area contributed by atoms with Crippen molar-refractivity contribution >= 4 is 17.8 Å². The van der Waals surface area contributed by atoms with Crippen LogP contribution in [0.1, 0.15) is 64.7 Å². The third kappa shape index (κ3) is 2.86. The number of likely N-dealkylation sites (tertiary alicyclic amines) is 1. The van der Waals surface area contributed by atoms with Gasteiger partial charge >= 0.3 is 5.97 Å². The summed E-state index contributed by atoms with van der Waals surface area (Å²) in [5.74, 6) is -1.65. The summed E-state index contributed by atoms with van der Waals surface area (Å²) < 4.78 is 0. The van der Waals surface area contributed by atoms with E-state index in [2.05, 4.69) is 0 Å². The molecule has 1 spiro atoms. The predicted octanol–water partition coefficient (Wildman–Crippen LogP) is 2.34. The van der Waals surface area contributed by atoms with Crippen LogP contribution in [0.25, 0.3) is 0 Å². The highest BCUT2D eigenvalue weighted by atomic mass is 16.4. The lowest BCUT2D eigenvalue weighted by atomic mass is 9.67. The Morgan fingerprint density at radius 3 is 2.20 bits per heavy atom. The number of rotatable bonds is 4. The van der Waals surface area contributed by atoms with Crippen molar-refractivity contribution in [2.45, 2.75) is 70.8 Å². The normalized spacial score (nSPS) is 23.9. The third-order valence-corrected chi connectivity index (χ3v) is 4.66. The zero-order chi connectivity index (χ0) is 14.8. The van der Waals surface area contributed by atoms with E-state index < -0.39 is 12.0 Å². The van der Waals surface area contributed by atoms with Crippen LogP contribution in [0.5, 0.6) is 0 Å². The number of aliphatic carboxylic acids is 1. The summed E-state index contributed by atoms with van der Waals surface area (Å²) in [6.45, 7) is 1.86. The Hall–Kier alpha value is -1.39. The number of nitrogens with zero attached hydrogens (tertiary/aromatic N) is 1. The van der Waals surface area contributed by atoms with Crippen LogP contribution in [0.4, 0.5) is 0 Å². The molecular formula is C15H23NO4. The highest BCUT2D eigenvalue weighted by Gasteiger charge is 2.47. The van der Waals surface area contributed by atoms with Crippen LogP contribution in [-0.4, -0.2) is 33.8 Å². The van der Waals surface area contributed by atoms with Gasteiger partial charge < -0.3 is 5.11 Å². The van der Waals surface area contributed by atoms with Crippen LogP contribution in [-0.2, 0) is 14.4 Å². The Kier molecular flexibility index (Phi) is 4.45. The van der Waals surface area contributed by atoms with E-state index in [9.17, 15) is 19.5 Å². The monoisotopic (exact) mass is 281 g/mol. The first-order valence-corrected chi connectivity index (χ1v) is 7.57. The summed E-state index contributed by atoms with van der Waals surface area (Å²) >= 11 is 0. The van der Waals surface area contributed by atoms with Gasteiger partial charge in [0.25, 0.3) is 0 Å². The van der Waals surface area contributed by atoms with E-state index in [4.69, 9.17) is 0 Å². The molecule has 1 unspecified atom stereocenters. The smallest absolute Gasteiger partial charge is 0.326 e. The highest BCUT2D eigenvalue weighted by Crippen LogP contribution is 2.45. The lowest BCUT2D eigenvalue weighted by Crippen LogP contribution is -2.55. The Balaban J connectivity index is 2.16. The molecular weight excluding hydrogens is 258 g/mol. The molecule has 0 aromatic carbocycles. The SMILES string of the molecule is CCCC(C(=O)O)N1C(=O)CC2(CCCCC2)CC1=O. The number of carboxylic acids is 1. The molecule has 2 aliphatic rings. The lowest BCUT2D eigenvalue weighted by Gasteiger charge is -2.43. The highest BCUT2D eigenvalue weighted by molar-refractivity contribution is 6.01. The van der Waals surface area contributed by atoms with E-state index in [1.54, 1.807) is 0 Å². The summed E-state index contributed by atoms with van der Waals surface area (Å²) in [6.07, 6.45) is 6.79. The third-order valence-electron chi connectivity index (χ3n) is 4.66. The van der Waals surface area contributed by atoms with Crippen molar-refractivity contribution in [3.05, 3.63) is 0 Å². The molecule has 2 rings (SSSR count). The van der Waals surface area contributed by atoms with Gasteiger partial charge in [0.1, 0.15) is 6.04 Å². The molecule has 1 N–H and O–H groups in total. The van der Waals surface area contributed by atoms with Gasteiger partial charge in [-0.3, -0.25) is 14.5 Å². The molecule has 0 bridgehead atoms. The number of carbonyl (C=O) groups excluding carboxylic acids is 2. The number of hydrogen-bond acceptors (Lipinski definition) is 3. The second kappa shape index (κ2) is 5.94. The molecule has 1 saturated heterocycles. The molecule has 0 aromatic heterocycles. The molecule has 5 nitrogen and oxygen atoms in total. The van der Waals surface area contributed by atoms with Crippen molar-refractivity contribution in [2.24, 2.45) is 5.41 Å². The minimum Gasteiger partial charge on any atom is -0.480 e. The van der Waals surface area contributed by atoms with Gasteiger partial charge in [-0.1, -0.05) is 32.6 Å². The number of carboxylic acid groups (broad SMARTS) is 1. The van der Waals surface area contributed by atoms with Gasteiger partial charge in [-0.05, 0) is 24.7 Å². The standard InChI is InChI=1S/C15H23NO4/c1-2-6-11(14(19)20)16-12(17)9-15(10-13(16)18)7-4-3-5-8-15/h11H,2-10H2,1H3,(H,19,20). The van der Waals surface area contributed by atoms with Gasteiger partial charge in [-0.15, -0.1) is 0 Å². The van der Waals surface area contributed by atoms with E-state index in [-0.39, 0.29) is 17.2 Å². The maximum absolute atomic E-state index is 12.3. The van der Waals surface area contributed by atoms with E-state index in [0.717, 1.165) is 30.6 Å². The fourth-order valence-corrected chi connectivity index (χ4v) is 3.65. The molecule has 1 aliphatic heterocycles. The lowest BCUT2D eigenvalue weighted by molar-refractivity contribution is -0.165. The number of carbonyl (C=O) groups is 3. The fraction of sp³-hybridized carbons (Fsp3) is 0.800. The van der Waals surface area contributed by atoms with E-state index in [0.29, 0.717) is 25.7 Å². The molecule has 5 heteroatoms. The van der Waals surface area contributed by atoms with Crippen molar-refractivity contribution in [1.82, 2.24) is 4.90 Å². The topological polar surface area (TPSA) is 74.7 Å². The molecule has 0 radical (unpaired) electrons. The molecule has 2 amide bonds.